The summed E-state index contributed by atoms with van der Waals surface area (Å²) < 4.78 is 4.95. The lowest BCUT2D eigenvalue weighted by molar-refractivity contribution is -0.130. The first-order valence-electron chi connectivity index (χ1n) is 9.65. The Morgan fingerprint density at radius 1 is 1.35 bits per heavy atom. The van der Waals surface area contributed by atoms with Gasteiger partial charge in [0.1, 0.15) is 11.9 Å². The molecule has 3 atom stereocenters. The van der Waals surface area contributed by atoms with Crippen LogP contribution in [0.3, 0.4) is 0 Å². The highest BCUT2D eigenvalue weighted by molar-refractivity contribution is 5.38. The topological polar surface area (TPSA) is 46.5 Å². The van der Waals surface area contributed by atoms with Crippen molar-refractivity contribution in [2.24, 2.45) is 16.7 Å². The normalized spacial score (nSPS) is 27.6. The van der Waals surface area contributed by atoms with E-state index in [1.165, 1.54) is 0 Å². The molecule has 1 N–H and O–H groups in total. The van der Waals surface area contributed by atoms with Gasteiger partial charge >= 0.3 is 0 Å². The van der Waals surface area contributed by atoms with Gasteiger partial charge in [-0.15, -0.1) is 0 Å². The van der Waals surface area contributed by atoms with Crippen molar-refractivity contribution in [3.63, 3.8) is 0 Å². The molecule has 0 bridgehead atoms. The van der Waals surface area contributed by atoms with Crippen LogP contribution >= 0.6 is 0 Å². The number of hydrogen-bond acceptors (Lipinski definition) is 3. The van der Waals surface area contributed by atoms with E-state index in [1.807, 2.05) is 38.2 Å². The van der Waals surface area contributed by atoms with Crippen LogP contribution in [-0.4, -0.2) is 17.7 Å². The fraction of sp³-hybridized carbons (Fsp3) is 0.609. The van der Waals surface area contributed by atoms with Crippen molar-refractivity contribution in [2.45, 2.75) is 72.8 Å². The maximum Gasteiger partial charge on any atom is 0.293 e. The minimum absolute atomic E-state index is 0.0268. The molecular formula is C23H36O3. The van der Waals surface area contributed by atoms with E-state index in [2.05, 4.69) is 27.4 Å². The van der Waals surface area contributed by atoms with Gasteiger partial charge in [-0.2, -0.15) is 0 Å². The third-order valence-corrected chi connectivity index (χ3v) is 6.11. The molecule has 1 aliphatic rings. The van der Waals surface area contributed by atoms with Gasteiger partial charge in [-0.05, 0) is 86.5 Å². The summed E-state index contributed by atoms with van der Waals surface area (Å²) in [6, 6.07) is 0. The highest BCUT2D eigenvalue weighted by atomic mass is 16.5. The number of aliphatic hydroxyl groups excluding tert-OH is 1. The number of allylic oxidation sites excluding steroid dienone is 5. The van der Waals surface area contributed by atoms with Crippen molar-refractivity contribution in [2.75, 3.05) is 0 Å². The maximum absolute atomic E-state index is 10.5. The summed E-state index contributed by atoms with van der Waals surface area (Å²) in [5.41, 5.74) is 1.46. The highest BCUT2D eigenvalue weighted by Gasteiger charge is 2.43. The first kappa shape index (κ1) is 22.3. The average molecular weight is 361 g/mol. The van der Waals surface area contributed by atoms with Crippen LogP contribution in [0.5, 0.6) is 0 Å². The fourth-order valence-corrected chi connectivity index (χ4v) is 3.75. The average Bonchev–Trinajstić information content (AvgIpc) is 2.57. The van der Waals surface area contributed by atoms with Gasteiger partial charge in [0.15, 0.2) is 0 Å². The van der Waals surface area contributed by atoms with E-state index in [0.717, 1.165) is 37.7 Å². The van der Waals surface area contributed by atoms with Gasteiger partial charge < -0.3 is 9.84 Å². The van der Waals surface area contributed by atoms with Gasteiger partial charge in [-0.3, -0.25) is 4.79 Å². The largest absolute Gasteiger partial charge is 0.508 e. The molecule has 0 aromatic heterocycles. The minimum atomic E-state index is -0.252. The van der Waals surface area contributed by atoms with E-state index in [9.17, 15) is 9.90 Å². The molecule has 0 amide bonds. The number of ether oxygens (including phenoxy) is 1. The number of carbonyl (C=O) groups excluding carboxylic acids is 1. The highest BCUT2D eigenvalue weighted by Crippen LogP contribution is 2.54. The first-order chi connectivity index (χ1) is 12.2. The second kappa shape index (κ2) is 9.80. The molecule has 0 aromatic carbocycles. The molecule has 1 rings (SSSR count). The van der Waals surface area contributed by atoms with E-state index in [0.29, 0.717) is 23.6 Å². The number of hydrogen-bond donors (Lipinski definition) is 1. The van der Waals surface area contributed by atoms with Crippen LogP contribution in [0.1, 0.15) is 66.7 Å². The predicted octanol–water partition coefficient (Wildman–Crippen LogP) is 6.29. The molecule has 3 heteroatoms. The van der Waals surface area contributed by atoms with Crippen LogP contribution in [-0.2, 0) is 9.53 Å². The molecule has 3 nitrogen and oxygen atoms in total. The second-order valence-corrected chi connectivity index (χ2v) is 8.36. The van der Waals surface area contributed by atoms with Gasteiger partial charge in [-0.1, -0.05) is 39.5 Å². The Labute approximate surface area is 159 Å². The van der Waals surface area contributed by atoms with Crippen molar-refractivity contribution >= 4 is 6.47 Å². The summed E-state index contributed by atoms with van der Waals surface area (Å²) in [7, 11) is 0. The Kier molecular flexibility index (Phi) is 8.39. The maximum atomic E-state index is 10.5. The van der Waals surface area contributed by atoms with Crippen LogP contribution in [0.4, 0.5) is 0 Å². The second-order valence-electron chi connectivity index (χ2n) is 8.36. The van der Waals surface area contributed by atoms with Crippen molar-refractivity contribution in [3.05, 3.63) is 48.3 Å². The van der Waals surface area contributed by atoms with E-state index in [1.54, 1.807) is 6.08 Å². The van der Waals surface area contributed by atoms with Gasteiger partial charge in [0.25, 0.3) is 6.47 Å². The Hall–Kier alpha value is -1.77. The molecule has 1 fully saturated rings. The van der Waals surface area contributed by atoms with Crippen molar-refractivity contribution in [1.29, 1.82) is 0 Å². The lowest BCUT2D eigenvalue weighted by Gasteiger charge is -2.48. The van der Waals surface area contributed by atoms with Gasteiger partial charge in [0.05, 0.1) is 0 Å². The molecule has 0 radical (unpaired) electrons. The number of rotatable bonds is 9. The third kappa shape index (κ3) is 6.19. The molecule has 0 spiro atoms. The summed E-state index contributed by atoms with van der Waals surface area (Å²) >= 11 is 0. The summed E-state index contributed by atoms with van der Waals surface area (Å²) in [4.78, 5) is 10.5. The zero-order valence-corrected chi connectivity index (χ0v) is 17.1. The molecule has 0 aromatic rings. The Morgan fingerprint density at radius 2 is 2.04 bits per heavy atom. The summed E-state index contributed by atoms with van der Waals surface area (Å²) in [6.07, 6.45) is 14.2. The molecular weight excluding hydrogens is 324 g/mol. The summed E-state index contributed by atoms with van der Waals surface area (Å²) in [5.74, 6) is 0.916. The Bertz CT molecular complexity index is 568. The quantitative estimate of drug-likeness (QED) is 0.298. The van der Waals surface area contributed by atoms with Gasteiger partial charge in [0, 0.05) is 0 Å². The zero-order valence-electron chi connectivity index (χ0n) is 17.1. The Morgan fingerprint density at radius 3 is 2.62 bits per heavy atom. The lowest BCUT2D eigenvalue weighted by atomic mass is 9.56. The molecule has 0 saturated heterocycles. The third-order valence-electron chi connectivity index (χ3n) is 6.11. The minimum Gasteiger partial charge on any atom is -0.508 e. The smallest absolute Gasteiger partial charge is 0.293 e. The fourth-order valence-electron chi connectivity index (χ4n) is 3.75. The van der Waals surface area contributed by atoms with Gasteiger partial charge in [0.2, 0.25) is 0 Å². The first-order valence-corrected chi connectivity index (χ1v) is 9.65. The summed E-state index contributed by atoms with van der Waals surface area (Å²) in [5, 5.41) is 9.86. The molecule has 146 valence electrons. The molecule has 1 aliphatic carbocycles. The molecule has 1 saturated carbocycles. The molecule has 0 aliphatic heterocycles. The molecule has 26 heavy (non-hydrogen) atoms. The van der Waals surface area contributed by atoms with E-state index < -0.39 is 0 Å². The predicted molar refractivity (Wildman–Crippen MR) is 109 cm³/mol. The zero-order chi connectivity index (χ0) is 19.8. The van der Waals surface area contributed by atoms with E-state index >= 15 is 0 Å². The SMILES string of the molecule is C=C(/C=C\C(C)OC=O)C1(CC/C=C(O)\C=C/C)CCC(C)(C)C(C)C1. The Balaban J connectivity index is 2.97. The van der Waals surface area contributed by atoms with Crippen molar-refractivity contribution in [1.82, 2.24) is 0 Å². The standard InChI is InChI=1S/C23H36O3/c1-7-9-21(25)10-8-13-23(15-14-22(5,6)19(3)16-23)18(2)11-12-20(4)26-17-24/h7,9-12,17,19-20,25H,2,8,13-16H2,1,3-6H3/b9-7-,12-11-,21-10+. The monoisotopic (exact) mass is 360 g/mol. The van der Waals surface area contributed by atoms with Crippen LogP contribution < -0.4 is 0 Å². The summed E-state index contributed by atoms with van der Waals surface area (Å²) in [6.45, 7) is 15.6. The lowest BCUT2D eigenvalue weighted by Crippen LogP contribution is -2.38. The van der Waals surface area contributed by atoms with E-state index in [-0.39, 0.29) is 11.5 Å². The van der Waals surface area contributed by atoms with Crippen LogP contribution in [0.15, 0.2) is 48.3 Å². The van der Waals surface area contributed by atoms with Crippen molar-refractivity contribution < 1.29 is 14.6 Å². The van der Waals surface area contributed by atoms with Crippen molar-refractivity contribution in [3.8, 4) is 0 Å². The van der Waals surface area contributed by atoms with Crippen LogP contribution in [0.25, 0.3) is 0 Å². The van der Waals surface area contributed by atoms with Gasteiger partial charge in [-0.25, -0.2) is 0 Å². The van der Waals surface area contributed by atoms with Crippen LogP contribution in [0, 0.1) is 16.7 Å². The van der Waals surface area contributed by atoms with Crippen LogP contribution in [0.2, 0.25) is 0 Å². The number of carbonyl (C=O) groups is 1. The molecule has 0 heterocycles. The van der Waals surface area contributed by atoms with E-state index in [4.69, 9.17) is 4.74 Å². The molecule has 3 unspecified atom stereocenters. The number of aliphatic hydroxyl groups is 1.